The fourth-order valence-electron chi connectivity index (χ4n) is 10.4. The van der Waals surface area contributed by atoms with E-state index in [0.29, 0.717) is 103 Å². The molecule has 1 saturated heterocycles. The number of ether oxygens (including phenoxy) is 3. The monoisotopic (exact) mass is 1110 g/mol. The molecule has 3 heterocycles. The van der Waals surface area contributed by atoms with Crippen molar-refractivity contribution in [1.82, 2.24) is 41.4 Å². The van der Waals surface area contributed by atoms with E-state index in [-0.39, 0.29) is 55.8 Å². The SMILES string of the molecule is CC(=O)N[C@@H](CCC(=O)NCCCOCCOCCOCCCNC(=O)C1CCCN(C(=O)[C@H](Cc2ccc(F)cc2)NC(=O)[C@H](Cc2ccc([N+](=O)[O-])cc2)NC(=O)[C@@H]2C=C3c4cccc5[nH]cc(c45)C[C@H]3N(C)C2)C1)C(N)=O. The molecule has 7 rings (SSSR count). The highest BCUT2D eigenvalue weighted by Gasteiger charge is 2.38. The highest BCUT2D eigenvalue weighted by molar-refractivity contribution is 6.00. The normalized spacial score (nSPS) is 18.0. The molecule has 0 spiro atoms. The second-order valence-corrected chi connectivity index (χ2v) is 20.5. The molecule has 3 aliphatic rings. The van der Waals surface area contributed by atoms with Gasteiger partial charge in [0.05, 0.1) is 43.2 Å². The summed E-state index contributed by atoms with van der Waals surface area (Å²) in [6.45, 7) is 4.94. The first kappa shape index (κ1) is 60.0. The van der Waals surface area contributed by atoms with E-state index >= 15 is 0 Å². The Morgan fingerprint density at radius 2 is 1.45 bits per heavy atom. The number of likely N-dealkylation sites (N-methyl/N-ethyl adjacent to an activating group) is 1. The maximum absolute atomic E-state index is 14.7. The quantitative estimate of drug-likeness (QED) is 0.0225. The minimum absolute atomic E-state index is 0.0141. The molecule has 80 heavy (non-hydrogen) atoms. The van der Waals surface area contributed by atoms with Gasteiger partial charge in [0.2, 0.25) is 41.4 Å². The van der Waals surface area contributed by atoms with E-state index in [1.807, 2.05) is 31.5 Å². The number of amides is 7. The van der Waals surface area contributed by atoms with E-state index in [4.69, 9.17) is 19.9 Å². The molecular weight excluding hydrogens is 1040 g/mol. The number of hydrogen-bond donors (Lipinski definition) is 7. The number of likely N-dealkylation sites (tertiary alicyclic amines) is 1. The van der Waals surface area contributed by atoms with E-state index in [0.717, 1.165) is 28.5 Å². The molecule has 430 valence electrons. The molecule has 8 N–H and O–H groups in total. The Labute approximate surface area is 463 Å². The third-order valence-corrected chi connectivity index (χ3v) is 14.6. The summed E-state index contributed by atoms with van der Waals surface area (Å²) in [5.74, 6) is -4.75. The van der Waals surface area contributed by atoms with Crippen molar-refractivity contribution in [3.8, 4) is 0 Å². The summed E-state index contributed by atoms with van der Waals surface area (Å²) in [6, 6.07) is 14.1. The molecule has 4 aromatic rings. The molecule has 1 unspecified atom stereocenters. The van der Waals surface area contributed by atoms with Crippen LogP contribution in [0.4, 0.5) is 10.1 Å². The predicted molar refractivity (Wildman–Crippen MR) is 294 cm³/mol. The van der Waals surface area contributed by atoms with Crippen molar-refractivity contribution in [3.63, 3.8) is 0 Å². The zero-order valence-corrected chi connectivity index (χ0v) is 45.3. The van der Waals surface area contributed by atoms with Gasteiger partial charge in [-0.25, -0.2) is 4.39 Å². The van der Waals surface area contributed by atoms with E-state index in [1.54, 1.807) is 4.90 Å². The maximum atomic E-state index is 14.7. The predicted octanol–water partition coefficient (Wildman–Crippen LogP) is 2.61. The number of aromatic amines is 1. The van der Waals surface area contributed by atoms with Gasteiger partial charge in [-0.2, -0.15) is 0 Å². The number of piperidine rings is 1. The number of benzene rings is 3. The van der Waals surface area contributed by atoms with Gasteiger partial charge in [-0.05, 0) is 91.6 Å². The van der Waals surface area contributed by atoms with Crippen LogP contribution in [0.25, 0.3) is 16.5 Å². The Morgan fingerprint density at radius 1 is 0.800 bits per heavy atom. The number of nitrogens with two attached hydrogens (primary N) is 1. The summed E-state index contributed by atoms with van der Waals surface area (Å²) in [7, 11) is 1.97. The molecule has 2 aliphatic heterocycles. The number of primary amides is 1. The lowest BCUT2D eigenvalue weighted by Crippen LogP contribution is -2.58. The molecule has 1 aliphatic carbocycles. The van der Waals surface area contributed by atoms with E-state index in [1.165, 1.54) is 61.0 Å². The van der Waals surface area contributed by atoms with Crippen molar-refractivity contribution in [1.29, 1.82) is 0 Å². The van der Waals surface area contributed by atoms with Crippen LogP contribution >= 0.6 is 0 Å². The molecule has 1 aromatic heterocycles. The van der Waals surface area contributed by atoms with Crippen LogP contribution in [0.5, 0.6) is 0 Å². The van der Waals surface area contributed by atoms with Crippen LogP contribution in [0.1, 0.15) is 67.7 Å². The fraction of sp³-hybridized carbons (Fsp3) is 0.491. The Balaban J connectivity index is 0.874. The molecule has 23 heteroatoms. The highest BCUT2D eigenvalue weighted by Crippen LogP contribution is 2.41. The van der Waals surface area contributed by atoms with Gasteiger partial charge >= 0.3 is 0 Å². The lowest BCUT2D eigenvalue weighted by molar-refractivity contribution is -0.384. The van der Waals surface area contributed by atoms with Crippen molar-refractivity contribution < 1.29 is 57.1 Å². The number of hydrogen-bond acceptors (Lipinski definition) is 13. The van der Waals surface area contributed by atoms with Gasteiger partial charge < -0.3 is 56.4 Å². The number of non-ortho nitro benzene ring substituents is 1. The number of H-pyrrole nitrogens is 1. The van der Waals surface area contributed by atoms with Gasteiger partial charge in [0.15, 0.2) is 0 Å². The van der Waals surface area contributed by atoms with Crippen molar-refractivity contribution in [2.45, 2.75) is 88.9 Å². The number of rotatable bonds is 30. The van der Waals surface area contributed by atoms with E-state index < -0.39 is 70.2 Å². The number of nitrogens with one attached hydrogen (secondary N) is 6. The molecule has 0 radical (unpaired) electrons. The second-order valence-electron chi connectivity index (χ2n) is 20.5. The summed E-state index contributed by atoms with van der Waals surface area (Å²) in [5, 5.41) is 26.6. The maximum Gasteiger partial charge on any atom is 0.269 e. The number of fused-ring (bicyclic) bond motifs is 2. The van der Waals surface area contributed by atoms with Crippen molar-refractivity contribution in [3.05, 3.63) is 117 Å². The van der Waals surface area contributed by atoms with Crippen LogP contribution in [-0.2, 0) is 67.0 Å². The minimum atomic E-state index is -1.22. The summed E-state index contributed by atoms with van der Waals surface area (Å²) in [4.78, 5) is 110. The first-order chi connectivity index (χ1) is 38.5. The smallest absolute Gasteiger partial charge is 0.269 e. The van der Waals surface area contributed by atoms with Gasteiger partial charge in [0.25, 0.3) is 5.69 Å². The summed E-state index contributed by atoms with van der Waals surface area (Å²) < 4.78 is 30.9. The Morgan fingerprint density at radius 3 is 2.11 bits per heavy atom. The number of nitro benzene ring substituents is 1. The largest absolute Gasteiger partial charge is 0.379 e. The lowest BCUT2D eigenvalue weighted by atomic mass is 9.79. The Bertz CT molecular complexity index is 2850. The van der Waals surface area contributed by atoms with Crippen LogP contribution in [0, 0.1) is 27.8 Å². The summed E-state index contributed by atoms with van der Waals surface area (Å²) in [5.41, 5.74) is 10.5. The number of aromatic nitrogens is 1. The molecule has 6 atom stereocenters. The van der Waals surface area contributed by atoms with Gasteiger partial charge in [-0.1, -0.05) is 42.5 Å². The zero-order valence-electron chi connectivity index (χ0n) is 45.3. The molecule has 22 nitrogen and oxygen atoms in total. The standard InChI is InChI=1S/C57H73FN10O12/c1-36(69)63-47(53(59)71)18-19-51(70)60-20-5-23-78-25-27-80-28-26-79-24-6-21-61-54(72)39-7-4-22-67(35-39)57(75)49(30-37-10-14-42(58)15-11-37)65-56(74)48(29-38-12-16-43(17-13-38)68(76)77)64-55(73)41-31-45-44-8-3-9-46-52(44)40(33-62-46)32-50(45)66(2)34-41/h3,8-17,31,33,39,41,47-50,62H,4-7,18-30,32,34-35H2,1-2H3,(H2,59,71)(H,60,70)(H,61,72)(H,63,69)(H,64,73)(H,65,74)/t39?,41-,47+,48+,49+,50-/m1/s1. The number of nitrogens with zero attached hydrogens (tertiary/aromatic N) is 3. The lowest BCUT2D eigenvalue weighted by Gasteiger charge is -2.39. The Kier molecular flexibility index (Phi) is 22.2. The first-order valence-corrected chi connectivity index (χ1v) is 27.3. The number of carbonyl (C=O) groups is 7. The molecule has 0 saturated carbocycles. The van der Waals surface area contributed by atoms with Crippen LogP contribution in [0.3, 0.4) is 0 Å². The number of nitro groups is 1. The molecule has 3 aromatic carbocycles. The zero-order chi connectivity index (χ0) is 57.1. The second kappa shape index (κ2) is 29.6. The number of halogens is 1. The average molecular weight is 1110 g/mol. The molecule has 0 bridgehead atoms. The molecular formula is C57H73FN10O12. The van der Waals surface area contributed by atoms with Crippen LogP contribution in [0.2, 0.25) is 0 Å². The van der Waals surface area contributed by atoms with Crippen molar-refractivity contribution in [2.24, 2.45) is 17.6 Å². The van der Waals surface area contributed by atoms with Gasteiger partial charge in [-0.3, -0.25) is 48.6 Å². The van der Waals surface area contributed by atoms with Crippen LogP contribution in [0.15, 0.2) is 79.0 Å². The van der Waals surface area contributed by atoms with Crippen LogP contribution < -0.4 is 32.3 Å². The first-order valence-electron chi connectivity index (χ1n) is 27.3. The highest BCUT2D eigenvalue weighted by atomic mass is 19.1. The molecule has 7 amide bonds. The van der Waals surface area contributed by atoms with Gasteiger partial charge in [0, 0.05) is 107 Å². The minimum Gasteiger partial charge on any atom is -0.379 e. The van der Waals surface area contributed by atoms with E-state index in [2.05, 4.69) is 42.5 Å². The topological polar surface area (TPSA) is 299 Å². The van der Waals surface area contributed by atoms with Crippen molar-refractivity contribution in [2.75, 3.05) is 79.4 Å². The van der Waals surface area contributed by atoms with Gasteiger partial charge in [-0.15, -0.1) is 0 Å². The average Bonchev–Trinajstić information content (AvgIpc) is 3.94. The fourth-order valence-corrected chi connectivity index (χ4v) is 10.4. The third kappa shape index (κ3) is 17.2. The van der Waals surface area contributed by atoms with E-state index in [9.17, 15) is 48.1 Å². The van der Waals surface area contributed by atoms with Crippen molar-refractivity contribution >= 4 is 63.5 Å². The summed E-state index contributed by atoms with van der Waals surface area (Å²) >= 11 is 0. The van der Waals surface area contributed by atoms with Crippen LogP contribution in [-0.4, -0.2) is 165 Å². The number of carbonyl (C=O) groups excluding carboxylic acids is 7. The van der Waals surface area contributed by atoms with Gasteiger partial charge in [0.1, 0.15) is 23.9 Å². The summed E-state index contributed by atoms with van der Waals surface area (Å²) in [6.07, 6.45) is 7.03. The molecule has 1 fully saturated rings. The third-order valence-electron chi connectivity index (χ3n) is 14.6. The Hall–Kier alpha value is -7.60.